The maximum absolute atomic E-state index is 10.9. The zero-order valence-corrected chi connectivity index (χ0v) is 8.77. The molecule has 1 unspecified atom stereocenters. The molecule has 72 valence electrons. The fourth-order valence-corrected chi connectivity index (χ4v) is 1.11. The zero-order valence-electron chi connectivity index (χ0n) is 7.62. The van der Waals surface area contributed by atoms with Crippen molar-refractivity contribution in [3.8, 4) is 0 Å². The van der Waals surface area contributed by atoms with Gasteiger partial charge in [-0.3, -0.25) is 4.79 Å². The van der Waals surface area contributed by atoms with Gasteiger partial charge < -0.3 is 9.84 Å². The van der Waals surface area contributed by atoms with Crippen LogP contribution in [0.15, 0.2) is 0 Å². The summed E-state index contributed by atoms with van der Waals surface area (Å²) >= 11 is 0. The molecule has 0 aliphatic carbocycles. The molecule has 0 fully saturated rings. The first-order valence-corrected chi connectivity index (χ1v) is 4.70. The Morgan fingerprint density at radius 3 is 2.50 bits per heavy atom. The van der Waals surface area contributed by atoms with Crippen LogP contribution >= 0.6 is 9.24 Å². The average molecular weight is 192 g/mol. The van der Waals surface area contributed by atoms with Gasteiger partial charge in [-0.15, -0.1) is 0 Å². The Kier molecular flexibility index (Phi) is 6.54. The van der Waals surface area contributed by atoms with Crippen molar-refractivity contribution in [2.45, 2.75) is 26.4 Å². The Morgan fingerprint density at radius 2 is 2.17 bits per heavy atom. The SMILES string of the molecule is CC[C@@H](COC[C@@H](C)O)C(=O)P. The predicted molar refractivity (Wildman–Crippen MR) is 51.0 cm³/mol. The molecule has 0 saturated heterocycles. The standard InChI is InChI=1S/C8H17O3P/c1-3-7(8(10)12)5-11-4-6(2)9/h6-7,9H,3-5,12H2,1-2H3/t6-,7+/m1/s1. The van der Waals surface area contributed by atoms with E-state index in [0.29, 0.717) is 13.2 Å². The first kappa shape index (κ1) is 12.0. The summed E-state index contributed by atoms with van der Waals surface area (Å²) in [6.45, 7) is 4.31. The lowest BCUT2D eigenvalue weighted by Gasteiger charge is -2.12. The van der Waals surface area contributed by atoms with Gasteiger partial charge in [-0.2, -0.15) is 0 Å². The second-order valence-corrected chi connectivity index (χ2v) is 3.46. The second kappa shape index (κ2) is 6.53. The van der Waals surface area contributed by atoms with Gasteiger partial charge in [0.25, 0.3) is 0 Å². The molecule has 0 aromatic heterocycles. The molecule has 1 N–H and O–H groups in total. The quantitative estimate of drug-likeness (QED) is 0.633. The molecule has 0 aliphatic heterocycles. The summed E-state index contributed by atoms with van der Waals surface area (Å²) in [6, 6.07) is 0. The third kappa shape index (κ3) is 5.64. The summed E-state index contributed by atoms with van der Waals surface area (Å²) in [5.74, 6) is -0.0475. The summed E-state index contributed by atoms with van der Waals surface area (Å²) in [6.07, 6.45) is 0.324. The fraction of sp³-hybridized carbons (Fsp3) is 0.875. The number of rotatable bonds is 6. The van der Waals surface area contributed by atoms with Crippen molar-refractivity contribution in [2.75, 3.05) is 13.2 Å². The van der Waals surface area contributed by atoms with Gasteiger partial charge in [0.05, 0.1) is 19.3 Å². The Hall–Kier alpha value is 0.0200. The number of hydrogen-bond acceptors (Lipinski definition) is 3. The molecule has 3 atom stereocenters. The molecule has 12 heavy (non-hydrogen) atoms. The molecule has 3 nitrogen and oxygen atoms in total. The molecule has 0 aromatic carbocycles. The van der Waals surface area contributed by atoms with Crippen LogP contribution in [0.4, 0.5) is 0 Å². The van der Waals surface area contributed by atoms with Crippen molar-refractivity contribution in [2.24, 2.45) is 5.92 Å². The van der Waals surface area contributed by atoms with E-state index in [-0.39, 0.29) is 11.4 Å². The van der Waals surface area contributed by atoms with E-state index in [9.17, 15) is 4.79 Å². The summed E-state index contributed by atoms with van der Waals surface area (Å²) in [5, 5.41) is 8.86. The number of hydrogen-bond donors (Lipinski definition) is 1. The zero-order chi connectivity index (χ0) is 9.56. The Bertz CT molecular complexity index is 136. The van der Waals surface area contributed by atoms with Gasteiger partial charge in [-0.25, -0.2) is 0 Å². The van der Waals surface area contributed by atoms with E-state index in [1.54, 1.807) is 6.92 Å². The maximum atomic E-state index is 10.9. The van der Waals surface area contributed by atoms with Gasteiger partial charge in [0.1, 0.15) is 0 Å². The topological polar surface area (TPSA) is 46.5 Å². The molecule has 0 saturated carbocycles. The number of aliphatic hydroxyl groups excluding tert-OH is 1. The van der Waals surface area contributed by atoms with Crippen molar-refractivity contribution >= 4 is 14.8 Å². The number of carbonyl (C=O) groups is 1. The second-order valence-electron chi connectivity index (χ2n) is 2.89. The Morgan fingerprint density at radius 1 is 1.58 bits per heavy atom. The van der Waals surface area contributed by atoms with Gasteiger partial charge in [-0.05, 0) is 13.3 Å². The molecule has 0 rings (SSSR count). The molecular weight excluding hydrogens is 175 g/mol. The van der Waals surface area contributed by atoms with Gasteiger partial charge in [-0.1, -0.05) is 16.2 Å². The van der Waals surface area contributed by atoms with Crippen LogP contribution in [0, 0.1) is 5.92 Å². The summed E-state index contributed by atoms with van der Waals surface area (Å²) < 4.78 is 5.13. The molecule has 0 spiro atoms. The monoisotopic (exact) mass is 192 g/mol. The highest BCUT2D eigenvalue weighted by atomic mass is 31.0. The summed E-state index contributed by atoms with van der Waals surface area (Å²) in [4.78, 5) is 10.9. The van der Waals surface area contributed by atoms with Crippen molar-refractivity contribution < 1.29 is 14.6 Å². The van der Waals surface area contributed by atoms with Crippen LogP contribution in [0.2, 0.25) is 0 Å². The minimum absolute atomic E-state index is 0.0475. The van der Waals surface area contributed by atoms with Crippen LogP contribution < -0.4 is 0 Å². The average Bonchev–Trinajstić information content (AvgIpc) is 1.96. The highest BCUT2D eigenvalue weighted by Gasteiger charge is 2.11. The molecule has 0 bridgehead atoms. The highest BCUT2D eigenvalue weighted by Crippen LogP contribution is 2.09. The van der Waals surface area contributed by atoms with Crippen LogP contribution in [-0.2, 0) is 9.53 Å². The van der Waals surface area contributed by atoms with E-state index in [0.717, 1.165) is 6.42 Å². The van der Waals surface area contributed by atoms with E-state index < -0.39 is 6.10 Å². The van der Waals surface area contributed by atoms with Crippen molar-refractivity contribution in [3.05, 3.63) is 0 Å². The van der Waals surface area contributed by atoms with Crippen LogP contribution in [0.25, 0.3) is 0 Å². The normalized spacial score (nSPS) is 15.7. The van der Waals surface area contributed by atoms with E-state index in [2.05, 4.69) is 9.24 Å². The van der Waals surface area contributed by atoms with Crippen molar-refractivity contribution in [1.82, 2.24) is 0 Å². The fourth-order valence-electron chi connectivity index (χ4n) is 0.782. The van der Waals surface area contributed by atoms with E-state index >= 15 is 0 Å². The molecule has 0 radical (unpaired) electrons. The van der Waals surface area contributed by atoms with E-state index in [1.165, 1.54) is 0 Å². The number of carbonyl (C=O) groups excluding carboxylic acids is 1. The molecular formula is C8H17O3P. The first-order valence-electron chi connectivity index (χ1n) is 4.13. The molecule has 0 amide bonds. The lowest BCUT2D eigenvalue weighted by Crippen LogP contribution is -2.19. The minimum atomic E-state index is -0.456. The third-order valence-electron chi connectivity index (χ3n) is 1.57. The Labute approximate surface area is 75.7 Å². The van der Waals surface area contributed by atoms with Crippen LogP contribution in [0.5, 0.6) is 0 Å². The predicted octanol–water partition coefficient (Wildman–Crippen LogP) is 0.812. The number of aliphatic hydroxyl groups is 1. The largest absolute Gasteiger partial charge is 0.391 e. The lowest BCUT2D eigenvalue weighted by molar-refractivity contribution is -0.116. The Balaban J connectivity index is 3.52. The van der Waals surface area contributed by atoms with Gasteiger partial charge in [0.15, 0.2) is 5.52 Å². The van der Waals surface area contributed by atoms with Crippen LogP contribution in [-0.4, -0.2) is 29.9 Å². The molecule has 0 aliphatic rings. The van der Waals surface area contributed by atoms with Crippen molar-refractivity contribution in [1.29, 1.82) is 0 Å². The molecule has 4 heteroatoms. The van der Waals surface area contributed by atoms with E-state index in [1.807, 2.05) is 6.92 Å². The summed E-state index contributed by atoms with van der Waals surface area (Å²) in [7, 11) is 2.15. The van der Waals surface area contributed by atoms with Gasteiger partial charge in [0.2, 0.25) is 0 Å². The first-order chi connectivity index (χ1) is 5.57. The highest BCUT2D eigenvalue weighted by molar-refractivity contribution is 7.40. The lowest BCUT2D eigenvalue weighted by atomic mass is 10.1. The van der Waals surface area contributed by atoms with Gasteiger partial charge in [0, 0.05) is 5.92 Å². The van der Waals surface area contributed by atoms with Crippen LogP contribution in [0.3, 0.4) is 0 Å². The third-order valence-corrected chi connectivity index (χ3v) is 2.04. The van der Waals surface area contributed by atoms with E-state index in [4.69, 9.17) is 9.84 Å². The minimum Gasteiger partial charge on any atom is -0.391 e. The maximum Gasteiger partial charge on any atom is 0.153 e. The van der Waals surface area contributed by atoms with Crippen LogP contribution in [0.1, 0.15) is 20.3 Å². The van der Waals surface area contributed by atoms with Gasteiger partial charge >= 0.3 is 0 Å². The molecule has 0 heterocycles. The summed E-state index contributed by atoms with van der Waals surface area (Å²) in [5.41, 5.74) is 0.0723. The molecule has 0 aromatic rings. The number of ether oxygens (including phenoxy) is 1. The smallest absolute Gasteiger partial charge is 0.153 e. The van der Waals surface area contributed by atoms with Crippen molar-refractivity contribution in [3.63, 3.8) is 0 Å².